The number of nitrogens with two attached hydrogens (primary N) is 1. The highest BCUT2D eigenvalue weighted by molar-refractivity contribution is 6.25. The van der Waals surface area contributed by atoms with Gasteiger partial charge in [-0.1, -0.05) is 31.7 Å². The first kappa shape index (κ1) is 41.0. The fraction of sp³-hybridized carbons (Fsp3) is 0.419. The first-order valence-electron chi connectivity index (χ1n) is 20.0. The Kier molecular flexibility index (Phi) is 12.1. The van der Waals surface area contributed by atoms with E-state index >= 15 is 0 Å². The number of piperidine rings is 1. The molecule has 3 aliphatic rings. The number of nitrogens with zero attached hydrogens (tertiary/aromatic N) is 4. The third kappa shape index (κ3) is 8.27. The van der Waals surface area contributed by atoms with Gasteiger partial charge in [0.1, 0.15) is 23.1 Å². The number of pyridine rings is 2. The summed E-state index contributed by atoms with van der Waals surface area (Å²) in [4.78, 5) is 83.4. The highest BCUT2D eigenvalue weighted by Crippen LogP contribution is 2.39. The van der Waals surface area contributed by atoms with Gasteiger partial charge < -0.3 is 30.4 Å². The van der Waals surface area contributed by atoms with Crippen molar-refractivity contribution in [1.29, 1.82) is 0 Å². The number of methoxy groups -OCH3 is 2. The Bertz CT molecular complexity index is 2350. The van der Waals surface area contributed by atoms with Crippen LogP contribution >= 0.6 is 0 Å². The average Bonchev–Trinajstić information content (AvgIpc) is 3.47. The number of benzene rings is 2. The maximum absolute atomic E-state index is 13.3. The Balaban J connectivity index is 0.816. The number of anilines is 1. The van der Waals surface area contributed by atoms with Crippen molar-refractivity contribution in [3.8, 4) is 22.6 Å². The van der Waals surface area contributed by atoms with E-state index in [-0.39, 0.29) is 35.4 Å². The largest absolute Gasteiger partial charge is 0.496 e. The number of carbonyl (C=O) groups excluding carboxylic acids is 5. The van der Waals surface area contributed by atoms with Gasteiger partial charge in [-0.2, -0.15) is 0 Å². The Morgan fingerprint density at radius 1 is 0.915 bits per heavy atom. The quantitative estimate of drug-likeness (QED) is 0.0898. The molecule has 2 saturated heterocycles. The number of carbonyl (C=O) groups is 5. The van der Waals surface area contributed by atoms with E-state index in [0.717, 1.165) is 65.5 Å². The van der Waals surface area contributed by atoms with Gasteiger partial charge in [0.2, 0.25) is 17.7 Å². The fourth-order valence-electron chi connectivity index (χ4n) is 8.29. The van der Waals surface area contributed by atoms with Crippen molar-refractivity contribution in [2.75, 3.05) is 45.7 Å². The summed E-state index contributed by atoms with van der Waals surface area (Å²) in [7, 11) is 4.92. The molecule has 0 radical (unpaired) electrons. The van der Waals surface area contributed by atoms with Crippen molar-refractivity contribution in [2.45, 2.75) is 69.5 Å². The van der Waals surface area contributed by atoms with Crippen molar-refractivity contribution in [1.82, 2.24) is 30.0 Å². The van der Waals surface area contributed by atoms with Gasteiger partial charge in [0.25, 0.3) is 17.4 Å². The zero-order chi connectivity index (χ0) is 41.8. The van der Waals surface area contributed by atoms with Gasteiger partial charge in [-0.15, -0.1) is 0 Å². The van der Waals surface area contributed by atoms with Crippen LogP contribution in [-0.2, 0) is 28.0 Å². The summed E-state index contributed by atoms with van der Waals surface area (Å²) < 4.78 is 13.2. The summed E-state index contributed by atoms with van der Waals surface area (Å²) in [5, 5.41) is 9.83. The summed E-state index contributed by atoms with van der Waals surface area (Å²) in [6.07, 6.45) is 10.8. The van der Waals surface area contributed by atoms with Crippen LogP contribution < -0.4 is 36.7 Å². The van der Waals surface area contributed by atoms with Crippen LogP contribution in [0.15, 0.2) is 59.8 Å². The molecule has 7 rings (SSSR count). The number of nitrogens with one attached hydrogen (secondary N) is 3. The molecule has 0 saturated carbocycles. The number of ether oxygens (including phenoxy) is 2. The Labute approximate surface area is 341 Å². The number of likely N-dealkylation sites (tertiary alicyclic amines) is 1. The molecular formula is C43H50N8O8. The minimum Gasteiger partial charge on any atom is -0.496 e. The predicted molar refractivity (Wildman–Crippen MR) is 220 cm³/mol. The molecule has 5 heterocycles. The van der Waals surface area contributed by atoms with Gasteiger partial charge in [-0.25, -0.2) is 0 Å². The number of hydrogen-bond acceptors (Lipinski definition) is 12. The fourth-order valence-corrected chi connectivity index (χ4v) is 8.29. The monoisotopic (exact) mass is 806 g/mol. The van der Waals surface area contributed by atoms with Crippen LogP contribution in [-0.4, -0.2) is 101 Å². The molecule has 0 spiro atoms. The number of hydrogen-bond donors (Lipinski definition) is 4. The van der Waals surface area contributed by atoms with Crippen LogP contribution in [0, 0.1) is 0 Å². The lowest BCUT2D eigenvalue weighted by atomic mass is 9.89. The normalized spacial score (nSPS) is 17.4. The van der Waals surface area contributed by atoms with E-state index in [2.05, 4.69) is 25.8 Å². The number of unbranched alkanes of at least 4 members (excludes halogenated alkanes) is 5. The topological polar surface area (TPSA) is 207 Å². The van der Waals surface area contributed by atoms with Crippen LogP contribution in [0.5, 0.6) is 11.5 Å². The number of aromatic nitrogens is 2. The molecule has 310 valence electrons. The minimum atomic E-state index is -1.00. The van der Waals surface area contributed by atoms with Crippen LogP contribution in [0.1, 0.15) is 77.6 Å². The standard InChI is InChI=1S/C43H50N8O8/c1-49-22-30(27-15-18-45-21-29(27)39(49)54)26-19-34(58-2)31(35(20-26)59-3)23-50-24-43(44,25-50)42(57)47-17-9-7-5-4-6-8-16-46-32-12-10-11-28-37(32)41(56)51(40(28)55)33-13-14-36(52)48-38(33)53/h10-12,15,18-22,33,46H,4-9,13-14,16-17,23-25,44H2,1-3H3,(H,47,57)(H,48,52,53). The minimum absolute atomic E-state index is 0.0718. The second-order valence-electron chi connectivity index (χ2n) is 15.5. The van der Waals surface area contributed by atoms with E-state index in [0.29, 0.717) is 55.3 Å². The zero-order valence-corrected chi connectivity index (χ0v) is 33.6. The molecule has 59 heavy (non-hydrogen) atoms. The first-order valence-corrected chi connectivity index (χ1v) is 20.0. The third-order valence-corrected chi connectivity index (χ3v) is 11.4. The molecule has 1 atom stereocenters. The van der Waals surface area contributed by atoms with Crippen molar-refractivity contribution in [3.05, 3.63) is 82.0 Å². The molecule has 2 fully saturated rings. The second kappa shape index (κ2) is 17.4. The van der Waals surface area contributed by atoms with E-state index < -0.39 is 35.2 Å². The Hall–Kier alpha value is -6.13. The van der Waals surface area contributed by atoms with Crippen LogP contribution in [0.4, 0.5) is 5.69 Å². The lowest BCUT2D eigenvalue weighted by molar-refractivity contribution is -0.136. The van der Waals surface area contributed by atoms with Gasteiger partial charge in [-0.05, 0) is 60.5 Å². The summed E-state index contributed by atoms with van der Waals surface area (Å²) in [6, 6.07) is 9.73. The van der Waals surface area contributed by atoms with E-state index in [1.165, 1.54) is 4.57 Å². The van der Waals surface area contributed by atoms with Gasteiger partial charge in [0.15, 0.2) is 0 Å². The molecule has 16 nitrogen and oxygen atoms in total. The van der Waals surface area contributed by atoms with Crippen LogP contribution in [0.3, 0.4) is 0 Å². The van der Waals surface area contributed by atoms with Gasteiger partial charge in [-0.3, -0.25) is 48.9 Å². The number of amides is 5. The Morgan fingerprint density at radius 3 is 2.31 bits per heavy atom. The highest BCUT2D eigenvalue weighted by Gasteiger charge is 2.47. The van der Waals surface area contributed by atoms with Crippen molar-refractivity contribution in [2.24, 2.45) is 12.8 Å². The molecule has 5 N–H and O–H groups in total. The number of rotatable bonds is 17. The highest BCUT2D eigenvalue weighted by atomic mass is 16.5. The zero-order valence-electron chi connectivity index (χ0n) is 33.6. The van der Waals surface area contributed by atoms with Gasteiger partial charge >= 0.3 is 0 Å². The van der Waals surface area contributed by atoms with Crippen LogP contribution in [0.25, 0.3) is 21.9 Å². The molecule has 5 amide bonds. The summed E-state index contributed by atoms with van der Waals surface area (Å²) >= 11 is 0. The van der Waals surface area contributed by atoms with E-state index in [9.17, 15) is 28.8 Å². The van der Waals surface area contributed by atoms with E-state index in [1.807, 2.05) is 18.2 Å². The van der Waals surface area contributed by atoms with Crippen molar-refractivity contribution >= 4 is 46.0 Å². The predicted octanol–water partition coefficient (Wildman–Crippen LogP) is 3.10. The van der Waals surface area contributed by atoms with E-state index in [1.54, 1.807) is 58.1 Å². The van der Waals surface area contributed by atoms with Gasteiger partial charge in [0, 0.05) is 76.0 Å². The van der Waals surface area contributed by atoms with Crippen LogP contribution in [0.2, 0.25) is 0 Å². The molecule has 2 aromatic heterocycles. The molecule has 16 heteroatoms. The lowest BCUT2D eigenvalue weighted by Gasteiger charge is -2.46. The summed E-state index contributed by atoms with van der Waals surface area (Å²) in [6.45, 7) is 2.39. The summed E-state index contributed by atoms with van der Waals surface area (Å²) in [5.74, 6) is -1.01. The maximum Gasteiger partial charge on any atom is 0.264 e. The molecule has 1 unspecified atom stereocenters. The van der Waals surface area contributed by atoms with E-state index in [4.69, 9.17) is 15.2 Å². The molecule has 3 aliphatic heterocycles. The smallest absolute Gasteiger partial charge is 0.264 e. The Morgan fingerprint density at radius 2 is 1.61 bits per heavy atom. The second-order valence-corrected chi connectivity index (χ2v) is 15.5. The average molecular weight is 807 g/mol. The molecule has 0 aliphatic carbocycles. The number of aryl methyl sites for hydroxylation is 1. The van der Waals surface area contributed by atoms with Crippen molar-refractivity contribution in [3.63, 3.8) is 0 Å². The molecule has 4 aromatic rings. The number of fused-ring (bicyclic) bond motifs is 2. The SMILES string of the molecule is COc1cc(-c2cn(C)c(=O)c3cnccc23)cc(OC)c1CN1CC(N)(C(=O)NCCCCCCCCNc2cccc3c2C(=O)N(C2CCC(=O)NC2=O)C3=O)C1. The first-order chi connectivity index (χ1) is 28.4. The molecule has 0 bridgehead atoms. The molecule has 2 aromatic carbocycles. The third-order valence-electron chi connectivity index (χ3n) is 11.4. The molecular weight excluding hydrogens is 757 g/mol. The van der Waals surface area contributed by atoms with Crippen molar-refractivity contribution < 1.29 is 33.4 Å². The number of imide groups is 2. The summed E-state index contributed by atoms with van der Waals surface area (Å²) in [5.41, 5.74) is 8.99. The van der Waals surface area contributed by atoms with Gasteiger partial charge in [0.05, 0.1) is 36.3 Å². The maximum atomic E-state index is 13.3. The lowest BCUT2D eigenvalue weighted by Crippen LogP contribution is -2.73.